The highest BCUT2D eigenvalue weighted by Gasteiger charge is 2.13. The third kappa shape index (κ3) is 1.47. The van der Waals surface area contributed by atoms with E-state index in [0.29, 0.717) is 13.0 Å². The topological polar surface area (TPSA) is 26.3 Å². The van der Waals surface area contributed by atoms with Gasteiger partial charge in [0.1, 0.15) is 6.61 Å². The van der Waals surface area contributed by atoms with Crippen molar-refractivity contribution in [2.24, 2.45) is 0 Å². The van der Waals surface area contributed by atoms with Crippen LogP contribution in [0.2, 0.25) is 0 Å². The molecule has 0 fully saturated rings. The number of Topliss-reactive ketones (excluding diaryl/α,β-unsaturated/α-hetero) is 1. The first-order valence-corrected chi connectivity index (χ1v) is 3.29. The van der Waals surface area contributed by atoms with Crippen molar-refractivity contribution >= 4 is 5.78 Å². The van der Waals surface area contributed by atoms with Crippen molar-refractivity contribution in [1.82, 2.24) is 0 Å². The summed E-state index contributed by atoms with van der Waals surface area (Å²) in [5, 5.41) is 0. The Bertz CT molecular complexity index is 180. The maximum Gasteiger partial charge on any atom is 0.162 e. The molecule has 54 valence electrons. The lowest BCUT2D eigenvalue weighted by atomic mass is 10.2. The van der Waals surface area contributed by atoms with Crippen molar-refractivity contribution in [3.8, 4) is 0 Å². The van der Waals surface area contributed by atoms with Crippen molar-refractivity contribution in [2.75, 3.05) is 6.61 Å². The predicted molar refractivity (Wildman–Crippen MR) is 38.5 cm³/mol. The fraction of sp³-hybridized carbons (Fsp3) is 0.375. The second-order valence-corrected chi connectivity index (χ2v) is 2.17. The summed E-state index contributed by atoms with van der Waals surface area (Å²) in [5.41, 5.74) is 0.792. The first-order valence-electron chi connectivity index (χ1n) is 3.29. The number of ketones is 1. The number of rotatable bonds is 3. The zero-order valence-electron chi connectivity index (χ0n) is 5.80. The van der Waals surface area contributed by atoms with Gasteiger partial charge in [0.25, 0.3) is 0 Å². The minimum Gasteiger partial charge on any atom is -0.497 e. The molecule has 0 atom stereocenters. The van der Waals surface area contributed by atoms with Crippen LogP contribution in [-0.4, -0.2) is 12.4 Å². The highest BCUT2D eigenvalue weighted by atomic mass is 16.5. The van der Waals surface area contributed by atoms with E-state index in [0.717, 1.165) is 12.0 Å². The highest BCUT2D eigenvalue weighted by molar-refractivity contribution is 5.97. The minimum absolute atomic E-state index is 0.210. The molecule has 0 aromatic heterocycles. The molecule has 2 nitrogen and oxygen atoms in total. The van der Waals surface area contributed by atoms with Crippen LogP contribution in [0.5, 0.6) is 0 Å². The third-order valence-corrected chi connectivity index (χ3v) is 1.48. The van der Waals surface area contributed by atoms with Crippen LogP contribution >= 0.6 is 0 Å². The van der Waals surface area contributed by atoms with E-state index in [2.05, 4.69) is 6.58 Å². The average Bonchev–Trinajstić information content (AvgIpc) is 2.31. The Labute approximate surface area is 60.2 Å². The Morgan fingerprint density at radius 2 is 2.60 bits per heavy atom. The van der Waals surface area contributed by atoms with Crippen LogP contribution in [0.25, 0.3) is 0 Å². The molecule has 0 bridgehead atoms. The quantitative estimate of drug-likeness (QED) is 0.551. The fourth-order valence-corrected chi connectivity index (χ4v) is 0.940. The number of hydrogen-bond donors (Lipinski definition) is 0. The van der Waals surface area contributed by atoms with Gasteiger partial charge in [-0.2, -0.15) is 0 Å². The van der Waals surface area contributed by atoms with E-state index >= 15 is 0 Å². The smallest absolute Gasteiger partial charge is 0.162 e. The zero-order chi connectivity index (χ0) is 7.40. The van der Waals surface area contributed by atoms with Crippen molar-refractivity contribution in [3.05, 3.63) is 24.5 Å². The molecule has 2 heteroatoms. The van der Waals surface area contributed by atoms with Gasteiger partial charge in [0, 0.05) is 12.0 Å². The third-order valence-electron chi connectivity index (χ3n) is 1.48. The molecule has 0 aromatic rings. The largest absolute Gasteiger partial charge is 0.497 e. The second kappa shape index (κ2) is 3.20. The van der Waals surface area contributed by atoms with Crippen LogP contribution < -0.4 is 0 Å². The van der Waals surface area contributed by atoms with Gasteiger partial charge in [0.15, 0.2) is 5.78 Å². The van der Waals surface area contributed by atoms with E-state index in [4.69, 9.17) is 4.74 Å². The summed E-state index contributed by atoms with van der Waals surface area (Å²) in [4.78, 5) is 10.9. The molecule has 0 aromatic carbocycles. The molecule has 10 heavy (non-hydrogen) atoms. The van der Waals surface area contributed by atoms with E-state index < -0.39 is 0 Å². The number of ether oxygens (including phenoxy) is 1. The highest BCUT2D eigenvalue weighted by Crippen LogP contribution is 2.13. The molecule has 1 aliphatic carbocycles. The van der Waals surface area contributed by atoms with Gasteiger partial charge in [-0.05, 0) is 6.42 Å². The van der Waals surface area contributed by atoms with E-state index in [1.54, 1.807) is 0 Å². The SMILES string of the molecule is C=COCC1=CCCC1=O. The van der Waals surface area contributed by atoms with Gasteiger partial charge in [-0.15, -0.1) is 0 Å². The van der Waals surface area contributed by atoms with Gasteiger partial charge in [-0.25, -0.2) is 0 Å². The molecule has 0 heterocycles. The molecule has 0 aliphatic heterocycles. The number of hydrogen-bond acceptors (Lipinski definition) is 2. The van der Waals surface area contributed by atoms with Gasteiger partial charge in [-0.1, -0.05) is 12.7 Å². The van der Waals surface area contributed by atoms with Crippen LogP contribution in [0.15, 0.2) is 24.5 Å². The van der Waals surface area contributed by atoms with E-state index in [1.807, 2.05) is 6.08 Å². The van der Waals surface area contributed by atoms with Crippen molar-refractivity contribution < 1.29 is 9.53 Å². The Morgan fingerprint density at radius 1 is 1.80 bits per heavy atom. The molecule has 0 saturated carbocycles. The summed E-state index contributed by atoms with van der Waals surface area (Å²) in [6, 6.07) is 0. The molecule has 0 amide bonds. The Balaban J connectivity index is 2.39. The van der Waals surface area contributed by atoms with Gasteiger partial charge in [0.05, 0.1) is 6.26 Å². The first kappa shape index (κ1) is 7.06. The van der Waals surface area contributed by atoms with Gasteiger partial charge in [-0.3, -0.25) is 4.79 Å². The Hall–Kier alpha value is -1.05. The van der Waals surface area contributed by atoms with Gasteiger partial charge >= 0.3 is 0 Å². The molecular weight excluding hydrogens is 128 g/mol. The summed E-state index contributed by atoms with van der Waals surface area (Å²) in [6.45, 7) is 3.78. The van der Waals surface area contributed by atoms with Crippen molar-refractivity contribution in [3.63, 3.8) is 0 Å². The normalized spacial score (nSPS) is 16.8. The standard InChI is InChI=1S/C8H10O2/c1-2-10-6-7-4-3-5-8(7)9/h2,4H,1,3,5-6H2. The van der Waals surface area contributed by atoms with Gasteiger partial charge in [0.2, 0.25) is 0 Å². The molecule has 0 radical (unpaired) electrons. The summed E-state index contributed by atoms with van der Waals surface area (Å²) >= 11 is 0. The Morgan fingerprint density at radius 3 is 3.10 bits per heavy atom. The molecule has 0 N–H and O–H groups in total. The van der Waals surface area contributed by atoms with Crippen molar-refractivity contribution in [1.29, 1.82) is 0 Å². The summed E-state index contributed by atoms with van der Waals surface area (Å²) in [7, 11) is 0. The van der Waals surface area contributed by atoms with Crippen LogP contribution in [0, 0.1) is 0 Å². The summed E-state index contributed by atoms with van der Waals surface area (Å²) < 4.78 is 4.86. The molecule has 1 aliphatic rings. The number of carbonyl (C=O) groups excluding carboxylic acids is 1. The van der Waals surface area contributed by atoms with Crippen LogP contribution in [0.3, 0.4) is 0 Å². The molecule has 0 saturated heterocycles. The van der Waals surface area contributed by atoms with Crippen LogP contribution in [-0.2, 0) is 9.53 Å². The molecule has 0 unspecified atom stereocenters. The maximum absolute atomic E-state index is 10.9. The zero-order valence-corrected chi connectivity index (χ0v) is 5.80. The number of allylic oxidation sites excluding steroid dienone is 1. The molecule has 0 spiro atoms. The predicted octanol–water partition coefficient (Wildman–Crippen LogP) is 1.44. The number of carbonyl (C=O) groups is 1. The van der Waals surface area contributed by atoms with Crippen molar-refractivity contribution in [2.45, 2.75) is 12.8 Å². The maximum atomic E-state index is 10.9. The lowest BCUT2D eigenvalue weighted by Crippen LogP contribution is -2.01. The Kier molecular flexibility index (Phi) is 2.26. The van der Waals surface area contributed by atoms with E-state index in [1.165, 1.54) is 6.26 Å². The minimum atomic E-state index is 0.210. The van der Waals surface area contributed by atoms with Crippen LogP contribution in [0.1, 0.15) is 12.8 Å². The lowest BCUT2D eigenvalue weighted by molar-refractivity contribution is -0.115. The molecular formula is C8H10O2. The first-order chi connectivity index (χ1) is 4.84. The van der Waals surface area contributed by atoms with Crippen LogP contribution in [0.4, 0.5) is 0 Å². The van der Waals surface area contributed by atoms with E-state index in [-0.39, 0.29) is 5.78 Å². The van der Waals surface area contributed by atoms with E-state index in [9.17, 15) is 4.79 Å². The lowest BCUT2D eigenvalue weighted by Gasteiger charge is -1.98. The average molecular weight is 138 g/mol. The summed E-state index contributed by atoms with van der Waals surface area (Å²) in [6.07, 6.45) is 4.79. The fourth-order valence-electron chi connectivity index (χ4n) is 0.940. The van der Waals surface area contributed by atoms with Gasteiger partial charge < -0.3 is 4.74 Å². The molecule has 1 rings (SSSR count). The summed E-state index contributed by atoms with van der Waals surface area (Å²) in [5.74, 6) is 0.210. The monoisotopic (exact) mass is 138 g/mol. The second-order valence-electron chi connectivity index (χ2n) is 2.17.